The Kier molecular flexibility index (Phi) is 7.29. The molecule has 132 valence electrons. The van der Waals surface area contributed by atoms with Crippen LogP contribution in [0.4, 0.5) is 0 Å². The van der Waals surface area contributed by atoms with E-state index in [2.05, 4.69) is 26.0 Å². The molecule has 1 aromatic carbocycles. The molecule has 0 unspecified atom stereocenters. The molecular weight excluding hydrogens is 300 g/mol. The van der Waals surface area contributed by atoms with Crippen LogP contribution in [0.5, 0.6) is 0 Å². The normalized spacial score (nSPS) is 15.2. The molecule has 0 N–H and O–H groups in total. The Morgan fingerprint density at radius 2 is 1.58 bits per heavy atom. The lowest BCUT2D eigenvalue weighted by molar-refractivity contribution is -0.133. The highest BCUT2D eigenvalue weighted by Gasteiger charge is 2.21. The van der Waals surface area contributed by atoms with Crippen LogP contribution in [0, 0.1) is 6.92 Å². The molecule has 0 bridgehead atoms. The van der Waals surface area contributed by atoms with E-state index < -0.39 is 0 Å². The molecule has 1 fully saturated rings. The van der Waals surface area contributed by atoms with Gasteiger partial charge in [-0.05, 0) is 37.3 Å². The van der Waals surface area contributed by atoms with E-state index in [-0.39, 0.29) is 11.8 Å². The first-order valence-electron chi connectivity index (χ1n) is 9.22. The number of hydrogen-bond donors (Lipinski definition) is 0. The lowest BCUT2D eigenvalue weighted by atomic mass is 10.0. The summed E-state index contributed by atoms with van der Waals surface area (Å²) in [6.45, 7) is 7.09. The summed E-state index contributed by atoms with van der Waals surface area (Å²) in [5, 5.41) is 0. The molecule has 1 aliphatic heterocycles. The standard InChI is InChI=1S/C20H30N2O2/c1-3-4-10-19(23)21-13-7-14-22(16-15-21)20(24)12-11-18-9-6-5-8-17(18)2/h5-6,8-9H,3-4,7,10-16H2,1-2H3. The van der Waals surface area contributed by atoms with Crippen LogP contribution in [0.15, 0.2) is 24.3 Å². The van der Waals surface area contributed by atoms with E-state index in [0.717, 1.165) is 38.8 Å². The van der Waals surface area contributed by atoms with Crippen molar-refractivity contribution in [3.63, 3.8) is 0 Å². The van der Waals surface area contributed by atoms with E-state index in [1.165, 1.54) is 11.1 Å². The van der Waals surface area contributed by atoms with Gasteiger partial charge in [0.15, 0.2) is 0 Å². The third kappa shape index (κ3) is 5.36. The predicted molar refractivity (Wildman–Crippen MR) is 96.8 cm³/mol. The van der Waals surface area contributed by atoms with Gasteiger partial charge in [0.05, 0.1) is 0 Å². The van der Waals surface area contributed by atoms with Crippen molar-refractivity contribution in [1.29, 1.82) is 0 Å². The first-order valence-corrected chi connectivity index (χ1v) is 9.22. The lowest BCUT2D eigenvalue weighted by Crippen LogP contribution is -2.37. The molecule has 4 heteroatoms. The van der Waals surface area contributed by atoms with Crippen LogP contribution >= 0.6 is 0 Å². The number of amides is 2. The van der Waals surface area contributed by atoms with Crippen molar-refractivity contribution in [2.75, 3.05) is 26.2 Å². The van der Waals surface area contributed by atoms with E-state index in [9.17, 15) is 9.59 Å². The first kappa shape index (κ1) is 18.5. The molecule has 1 aliphatic rings. The van der Waals surface area contributed by atoms with E-state index >= 15 is 0 Å². The second-order valence-corrected chi connectivity index (χ2v) is 6.65. The minimum Gasteiger partial charge on any atom is -0.341 e. The zero-order valence-electron chi connectivity index (χ0n) is 15.1. The van der Waals surface area contributed by atoms with Gasteiger partial charge in [-0.2, -0.15) is 0 Å². The van der Waals surface area contributed by atoms with Crippen molar-refractivity contribution in [2.24, 2.45) is 0 Å². The molecule has 1 heterocycles. The van der Waals surface area contributed by atoms with Gasteiger partial charge in [0.1, 0.15) is 0 Å². The fourth-order valence-corrected chi connectivity index (χ4v) is 3.19. The SMILES string of the molecule is CCCCC(=O)N1CCCN(C(=O)CCc2ccccc2C)CC1. The average Bonchev–Trinajstić information content (AvgIpc) is 2.85. The molecule has 2 rings (SSSR count). The summed E-state index contributed by atoms with van der Waals surface area (Å²) < 4.78 is 0. The Bertz CT molecular complexity index is 556. The summed E-state index contributed by atoms with van der Waals surface area (Å²) in [5.41, 5.74) is 2.49. The summed E-state index contributed by atoms with van der Waals surface area (Å²) >= 11 is 0. The zero-order chi connectivity index (χ0) is 17.4. The van der Waals surface area contributed by atoms with Crippen molar-refractivity contribution in [3.8, 4) is 0 Å². The van der Waals surface area contributed by atoms with Gasteiger partial charge in [-0.25, -0.2) is 0 Å². The quantitative estimate of drug-likeness (QED) is 0.804. The van der Waals surface area contributed by atoms with Gasteiger partial charge in [0, 0.05) is 39.0 Å². The number of hydrogen-bond acceptors (Lipinski definition) is 2. The van der Waals surface area contributed by atoms with Crippen LogP contribution in [0.3, 0.4) is 0 Å². The second kappa shape index (κ2) is 9.45. The molecule has 1 aromatic rings. The fourth-order valence-electron chi connectivity index (χ4n) is 3.19. The highest BCUT2D eigenvalue weighted by molar-refractivity contribution is 5.78. The molecule has 0 aliphatic carbocycles. The van der Waals surface area contributed by atoms with Crippen LogP contribution in [0.2, 0.25) is 0 Å². The van der Waals surface area contributed by atoms with Gasteiger partial charge < -0.3 is 9.80 Å². The maximum atomic E-state index is 12.5. The molecule has 0 atom stereocenters. The Balaban J connectivity index is 1.81. The predicted octanol–water partition coefficient (Wildman–Crippen LogP) is 3.18. The maximum Gasteiger partial charge on any atom is 0.222 e. The molecule has 0 spiro atoms. The van der Waals surface area contributed by atoms with Gasteiger partial charge >= 0.3 is 0 Å². The molecule has 1 saturated heterocycles. The third-order valence-electron chi connectivity index (χ3n) is 4.81. The fraction of sp³-hybridized carbons (Fsp3) is 0.600. The zero-order valence-corrected chi connectivity index (χ0v) is 15.1. The molecule has 0 saturated carbocycles. The number of benzene rings is 1. The molecule has 2 amide bonds. The number of unbranched alkanes of at least 4 members (excludes halogenated alkanes) is 1. The van der Waals surface area contributed by atoms with E-state index in [1.54, 1.807) is 0 Å². The van der Waals surface area contributed by atoms with E-state index in [0.29, 0.717) is 25.9 Å². The van der Waals surface area contributed by atoms with Crippen LogP contribution in [-0.4, -0.2) is 47.8 Å². The Hall–Kier alpha value is -1.84. The number of nitrogens with zero attached hydrogens (tertiary/aromatic N) is 2. The second-order valence-electron chi connectivity index (χ2n) is 6.65. The van der Waals surface area contributed by atoms with Crippen molar-refractivity contribution in [1.82, 2.24) is 9.80 Å². The first-order chi connectivity index (χ1) is 11.6. The number of aryl methyl sites for hydroxylation is 2. The van der Waals surface area contributed by atoms with Crippen LogP contribution < -0.4 is 0 Å². The molecule has 4 nitrogen and oxygen atoms in total. The Labute approximate surface area is 145 Å². The molecule has 0 aromatic heterocycles. The van der Waals surface area contributed by atoms with Crippen molar-refractivity contribution in [2.45, 2.75) is 52.4 Å². The van der Waals surface area contributed by atoms with Crippen LogP contribution in [0.25, 0.3) is 0 Å². The van der Waals surface area contributed by atoms with Gasteiger partial charge in [-0.3, -0.25) is 9.59 Å². The monoisotopic (exact) mass is 330 g/mol. The van der Waals surface area contributed by atoms with E-state index in [4.69, 9.17) is 0 Å². The Morgan fingerprint density at radius 1 is 0.958 bits per heavy atom. The van der Waals surface area contributed by atoms with Gasteiger partial charge in [0.25, 0.3) is 0 Å². The van der Waals surface area contributed by atoms with Crippen LogP contribution in [-0.2, 0) is 16.0 Å². The van der Waals surface area contributed by atoms with Crippen molar-refractivity contribution < 1.29 is 9.59 Å². The van der Waals surface area contributed by atoms with Crippen molar-refractivity contribution >= 4 is 11.8 Å². The van der Waals surface area contributed by atoms with Crippen LogP contribution in [0.1, 0.15) is 50.2 Å². The average molecular weight is 330 g/mol. The smallest absolute Gasteiger partial charge is 0.222 e. The van der Waals surface area contributed by atoms with E-state index in [1.807, 2.05) is 21.9 Å². The minimum atomic E-state index is 0.209. The number of rotatable bonds is 6. The van der Waals surface area contributed by atoms with Gasteiger partial charge in [-0.15, -0.1) is 0 Å². The minimum absolute atomic E-state index is 0.209. The van der Waals surface area contributed by atoms with Gasteiger partial charge in [0.2, 0.25) is 11.8 Å². The topological polar surface area (TPSA) is 40.6 Å². The summed E-state index contributed by atoms with van der Waals surface area (Å²) in [5.74, 6) is 0.451. The summed E-state index contributed by atoms with van der Waals surface area (Å²) in [6.07, 6.45) is 4.86. The summed E-state index contributed by atoms with van der Waals surface area (Å²) in [6, 6.07) is 8.24. The lowest BCUT2D eigenvalue weighted by Gasteiger charge is -2.22. The molecule has 0 radical (unpaired) electrons. The number of carbonyl (C=O) groups excluding carboxylic acids is 2. The molecular formula is C20H30N2O2. The third-order valence-corrected chi connectivity index (χ3v) is 4.81. The largest absolute Gasteiger partial charge is 0.341 e. The maximum absolute atomic E-state index is 12.5. The Morgan fingerprint density at radius 3 is 2.21 bits per heavy atom. The number of carbonyl (C=O) groups is 2. The summed E-state index contributed by atoms with van der Waals surface area (Å²) in [7, 11) is 0. The highest BCUT2D eigenvalue weighted by atomic mass is 16.2. The molecule has 24 heavy (non-hydrogen) atoms. The van der Waals surface area contributed by atoms with Crippen molar-refractivity contribution in [3.05, 3.63) is 35.4 Å². The summed E-state index contributed by atoms with van der Waals surface area (Å²) in [4.78, 5) is 28.5. The highest BCUT2D eigenvalue weighted by Crippen LogP contribution is 2.12. The van der Waals surface area contributed by atoms with Gasteiger partial charge in [-0.1, -0.05) is 37.6 Å².